The summed E-state index contributed by atoms with van der Waals surface area (Å²) in [5.41, 5.74) is 0.821. The molecule has 19 heavy (non-hydrogen) atoms. The summed E-state index contributed by atoms with van der Waals surface area (Å²) in [5, 5.41) is 4.36. The number of carbonyl (C=O) groups excluding carboxylic acids is 1. The molecule has 0 atom stereocenters. The molecule has 2 rings (SSSR count). The first kappa shape index (κ1) is 13.8. The molecule has 0 aliphatic heterocycles. The summed E-state index contributed by atoms with van der Waals surface area (Å²) in [4.78, 5) is 11.6. The lowest BCUT2D eigenvalue weighted by Crippen LogP contribution is -2.03. The number of rotatable bonds is 3. The molecule has 0 saturated heterocycles. The van der Waals surface area contributed by atoms with E-state index in [2.05, 4.69) is 21.0 Å². The van der Waals surface area contributed by atoms with E-state index in [0.29, 0.717) is 10.8 Å². The van der Waals surface area contributed by atoms with Crippen LogP contribution in [-0.4, -0.2) is 15.7 Å². The minimum absolute atomic E-state index is 0.325. The van der Waals surface area contributed by atoms with Gasteiger partial charge in [-0.05, 0) is 24.3 Å². The normalized spacial score (nSPS) is 10.9. The highest BCUT2D eigenvalue weighted by atomic mass is 79.9. The van der Waals surface area contributed by atoms with Gasteiger partial charge in [0, 0.05) is 29.4 Å². The van der Waals surface area contributed by atoms with Crippen LogP contribution in [0.2, 0.25) is 5.02 Å². The maximum absolute atomic E-state index is 11.6. The largest absolute Gasteiger partial charge is 0.422 e. The van der Waals surface area contributed by atoms with Crippen LogP contribution in [0.25, 0.3) is 6.08 Å². The zero-order valence-corrected chi connectivity index (χ0v) is 12.4. The molecule has 0 spiro atoms. The third-order valence-corrected chi connectivity index (χ3v) is 3.03. The van der Waals surface area contributed by atoms with Crippen LogP contribution in [0.3, 0.4) is 0 Å². The quantitative estimate of drug-likeness (QED) is 0.488. The number of aromatic nitrogens is 2. The summed E-state index contributed by atoms with van der Waals surface area (Å²) in [7, 11) is 1.80. The molecule has 1 aromatic carbocycles. The molecule has 2 aromatic rings. The summed E-state index contributed by atoms with van der Waals surface area (Å²) in [6, 6.07) is 5.04. The lowest BCUT2D eigenvalue weighted by atomic mass is 10.3. The fourth-order valence-electron chi connectivity index (χ4n) is 1.39. The summed E-state index contributed by atoms with van der Waals surface area (Å²) in [5.74, 6) is -0.168. The SMILES string of the molecule is Cn1cc(C=CC(=O)Oc2ccc(Br)cc2Cl)cn1. The topological polar surface area (TPSA) is 44.1 Å². The van der Waals surface area contributed by atoms with Gasteiger partial charge < -0.3 is 4.74 Å². The first-order valence-electron chi connectivity index (χ1n) is 5.38. The molecule has 4 nitrogen and oxygen atoms in total. The average Bonchev–Trinajstić information content (AvgIpc) is 2.76. The zero-order chi connectivity index (χ0) is 13.8. The van der Waals surface area contributed by atoms with Gasteiger partial charge in [0.2, 0.25) is 0 Å². The van der Waals surface area contributed by atoms with Gasteiger partial charge in [0.05, 0.1) is 11.2 Å². The van der Waals surface area contributed by atoms with E-state index in [-0.39, 0.29) is 0 Å². The highest BCUT2D eigenvalue weighted by Crippen LogP contribution is 2.27. The van der Waals surface area contributed by atoms with Gasteiger partial charge in [0.15, 0.2) is 0 Å². The molecule has 1 heterocycles. The Kier molecular flexibility index (Phi) is 4.39. The predicted molar refractivity (Wildman–Crippen MR) is 77.0 cm³/mol. The van der Waals surface area contributed by atoms with Crippen molar-refractivity contribution in [2.24, 2.45) is 7.05 Å². The van der Waals surface area contributed by atoms with Crippen LogP contribution in [0.4, 0.5) is 0 Å². The first-order valence-corrected chi connectivity index (χ1v) is 6.55. The van der Waals surface area contributed by atoms with Crippen LogP contribution >= 0.6 is 27.5 Å². The minimum atomic E-state index is -0.493. The van der Waals surface area contributed by atoms with E-state index in [9.17, 15) is 4.79 Å². The zero-order valence-electron chi connectivity index (χ0n) is 10.0. The summed E-state index contributed by atoms with van der Waals surface area (Å²) < 4.78 is 7.59. The third-order valence-electron chi connectivity index (χ3n) is 2.24. The Hall–Kier alpha value is -1.59. The summed E-state index contributed by atoms with van der Waals surface area (Å²) in [6.45, 7) is 0. The molecule has 0 fully saturated rings. The van der Waals surface area contributed by atoms with E-state index >= 15 is 0 Å². The molecule has 0 N–H and O–H groups in total. The van der Waals surface area contributed by atoms with Crippen molar-refractivity contribution >= 4 is 39.6 Å². The first-order chi connectivity index (χ1) is 9.04. The van der Waals surface area contributed by atoms with Crippen molar-refractivity contribution < 1.29 is 9.53 Å². The van der Waals surface area contributed by atoms with E-state index in [1.165, 1.54) is 6.08 Å². The van der Waals surface area contributed by atoms with Gasteiger partial charge in [-0.15, -0.1) is 0 Å². The molecule has 6 heteroatoms. The van der Waals surface area contributed by atoms with Crippen molar-refractivity contribution in [1.82, 2.24) is 9.78 Å². The third kappa shape index (κ3) is 3.94. The maximum Gasteiger partial charge on any atom is 0.336 e. The minimum Gasteiger partial charge on any atom is -0.422 e. The molecule has 0 aliphatic rings. The Morgan fingerprint density at radius 2 is 2.32 bits per heavy atom. The molecule has 98 valence electrons. The lowest BCUT2D eigenvalue weighted by Gasteiger charge is -2.03. The smallest absolute Gasteiger partial charge is 0.336 e. The molecule has 0 radical (unpaired) electrons. The molecule has 0 bridgehead atoms. The molecule has 0 aliphatic carbocycles. The fourth-order valence-corrected chi connectivity index (χ4v) is 2.10. The van der Waals surface area contributed by atoms with Crippen molar-refractivity contribution in [1.29, 1.82) is 0 Å². The number of ether oxygens (including phenoxy) is 1. The van der Waals surface area contributed by atoms with Gasteiger partial charge in [-0.2, -0.15) is 5.10 Å². The van der Waals surface area contributed by atoms with Crippen molar-refractivity contribution in [3.8, 4) is 5.75 Å². The van der Waals surface area contributed by atoms with Gasteiger partial charge in [0.1, 0.15) is 5.75 Å². The Bertz CT molecular complexity index is 637. The van der Waals surface area contributed by atoms with Crippen LogP contribution in [0, 0.1) is 0 Å². The Morgan fingerprint density at radius 3 is 2.95 bits per heavy atom. The number of benzene rings is 1. The predicted octanol–water partition coefficient (Wildman–Crippen LogP) is 3.45. The molecule has 0 saturated carbocycles. The van der Waals surface area contributed by atoms with E-state index in [1.54, 1.807) is 48.4 Å². The monoisotopic (exact) mass is 340 g/mol. The lowest BCUT2D eigenvalue weighted by molar-refractivity contribution is -0.128. The van der Waals surface area contributed by atoms with Gasteiger partial charge in [-0.1, -0.05) is 27.5 Å². The Balaban J connectivity index is 2.03. The van der Waals surface area contributed by atoms with Gasteiger partial charge >= 0.3 is 5.97 Å². The van der Waals surface area contributed by atoms with Crippen LogP contribution in [-0.2, 0) is 11.8 Å². The Morgan fingerprint density at radius 1 is 1.53 bits per heavy atom. The van der Waals surface area contributed by atoms with Crippen molar-refractivity contribution in [3.63, 3.8) is 0 Å². The second kappa shape index (κ2) is 6.04. The van der Waals surface area contributed by atoms with E-state index in [0.717, 1.165) is 10.0 Å². The average molecular weight is 342 g/mol. The van der Waals surface area contributed by atoms with Crippen LogP contribution in [0.1, 0.15) is 5.56 Å². The molecular formula is C13H10BrClN2O2. The van der Waals surface area contributed by atoms with E-state index < -0.39 is 5.97 Å². The molecule has 0 amide bonds. The van der Waals surface area contributed by atoms with E-state index in [4.69, 9.17) is 16.3 Å². The highest BCUT2D eigenvalue weighted by Gasteiger charge is 2.06. The van der Waals surface area contributed by atoms with Crippen molar-refractivity contribution in [3.05, 3.63) is 51.7 Å². The number of hydrogen-bond donors (Lipinski definition) is 0. The van der Waals surface area contributed by atoms with Crippen LogP contribution in [0.15, 0.2) is 41.1 Å². The van der Waals surface area contributed by atoms with Gasteiger partial charge in [0.25, 0.3) is 0 Å². The number of carbonyl (C=O) groups is 1. The van der Waals surface area contributed by atoms with Crippen LogP contribution in [0.5, 0.6) is 5.75 Å². The number of aryl methyl sites for hydroxylation is 1. The maximum atomic E-state index is 11.6. The number of halogens is 2. The molecule has 0 unspecified atom stereocenters. The second-order valence-electron chi connectivity index (χ2n) is 3.78. The Labute approximate surface area is 123 Å². The standard InChI is InChI=1S/C13H10BrClN2O2/c1-17-8-9(7-16-17)2-5-13(18)19-12-4-3-10(14)6-11(12)15/h2-8H,1H3. The molecule has 1 aromatic heterocycles. The fraction of sp³-hybridized carbons (Fsp3) is 0.0769. The number of nitrogens with zero attached hydrogens (tertiary/aromatic N) is 2. The van der Waals surface area contributed by atoms with Gasteiger partial charge in [-0.25, -0.2) is 4.79 Å². The highest BCUT2D eigenvalue weighted by molar-refractivity contribution is 9.10. The van der Waals surface area contributed by atoms with Crippen LogP contribution < -0.4 is 4.74 Å². The molecular weight excluding hydrogens is 332 g/mol. The second-order valence-corrected chi connectivity index (χ2v) is 5.10. The van der Waals surface area contributed by atoms with E-state index in [1.807, 2.05) is 0 Å². The van der Waals surface area contributed by atoms with Crippen molar-refractivity contribution in [2.45, 2.75) is 0 Å². The number of esters is 1. The van der Waals surface area contributed by atoms with Gasteiger partial charge in [-0.3, -0.25) is 4.68 Å². The van der Waals surface area contributed by atoms with Crippen molar-refractivity contribution in [2.75, 3.05) is 0 Å². The number of hydrogen-bond acceptors (Lipinski definition) is 3. The summed E-state index contributed by atoms with van der Waals surface area (Å²) in [6.07, 6.45) is 6.39. The summed E-state index contributed by atoms with van der Waals surface area (Å²) >= 11 is 9.23.